The molecule has 1 saturated carbocycles. The van der Waals surface area contributed by atoms with E-state index >= 15 is 0 Å². The number of carbonyl (C=O) groups is 1. The highest BCUT2D eigenvalue weighted by Gasteiger charge is 2.45. The van der Waals surface area contributed by atoms with Gasteiger partial charge in [-0.2, -0.15) is 23.4 Å². The van der Waals surface area contributed by atoms with Gasteiger partial charge < -0.3 is 20.1 Å². The van der Waals surface area contributed by atoms with E-state index in [1.807, 2.05) is 18.7 Å². The van der Waals surface area contributed by atoms with E-state index in [9.17, 15) is 31.9 Å². The second kappa shape index (κ2) is 13.3. The van der Waals surface area contributed by atoms with Gasteiger partial charge in [0.05, 0.1) is 54.1 Å². The minimum atomic E-state index is -4.44. The normalized spacial score (nSPS) is 25.3. The fourth-order valence-electron chi connectivity index (χ4n) is 7.09. The van der Waals surface area contributed by atoms with E-state index in [2.05, 4.69) is 15.7 Å². The van der Waals surface area contributed by atoms with Crippen molar-refractivity contribution in [2.45, 2.75) is 82.8 Å². The summed E-state index contributed by atoms with van der Waals surface area (Å²) in [6.07, 6.45) is -2.65. The minimum Gasteiger partial charge on any atom is -0.378 e. The van der Waals surface area contributed by atoms with Gasteiger partial charge >= 0.3 is 6.18 Å². The molecule has 0 spiro atoms. The summed E-state index contributed by atoms with van der Waals surface area (Å²) in [5.41, 5.74) is 2.35. The van der Waals surface area contributed by atoms with Gasteiger partial charge in [-0.3, -0.25) is 14.8 Å². The Labute approximate surface area is 268 Å². The Morgan fingerprint density at radius 3 is 2.70 bits per heavy atom. The molecule has 2 aliphatic heterocycles. The number of anilines is 1. The van der Waals surface area contributed by atoms with Crippen molar-refractivity contribution < 1.29 is 36.6 Å². The number of alkyl halides is 5. The largest absolute Gasteiger partial charge is 0.393 e. The number of piperidine rings is 1. The molecule has 3 aliphatic rings. The quantitative estimate of drug-likeness (QED) is 0.228. The molecule has 5 atom stereocenters. The number of morpholine rings is 1. The lowest BCUT2D eigenvalue weighted by molar-refractivity contribution is -0.183. The van der Waals surface area contributed by atoms with Crippen molar-refractivity contribution in [3.63, 3.8) is 0 Å². The number of nitrogens with one attached hydrogen (secondary N) is 2. The van der Waals surface area contributed by atoms with Crippen LogP contribution in [0.4, 0.5) is 27.6 Å². The Kier molecular flexibility index (Phi) is 9.46. The van der Waals surface area contributed by atoms with E-state index in [0.29, 0.717) is 67.6 Å². The van der Waals surface area contributed by atoms with Crippen molar-refractivity contribution in [2.24, 2.45) is 17.8 Å². The molecule has 0 bridgehead atoms. The van der Waals surface area contributed by atoms with E-state index in [0.717, 1.165) is 0 Å². The number of hydrogen-bond acceptors (Lipinski definition) is 8. The van der Waals surface area contributed by atoms with E-state index in [1.165, 1.54) is 4.52 Å². The molecule has 47 heavy (non-hydrogen) atoms. The third kappa shape index (κ3) is 7.38. The number of aliphatic hydroxyl groups excluding tert-OH is 1. The molecule has 5 heterocycles. The first-order chi connectivity index (χ1) is 22.3. The fourth-order valence-corrected chi connectivity index (χ4v) is 7.09. The van der Waals surface area contributed by atoms with E-state index in [-0.39, 0.29) is 31.7 Å². The second-order valence-electron chi connectivity index (χ2n) is 13.2. The number of rotatable bonds is 9. The topological polar surface area (TPSA) is 122 Å². The average molecular weight is 669 g/mol. The molecule has 3 aromatic heterocycles. The second-order valence-corrected chi connectivity index (χ2v) is 13.2. The van der Waals surface area contributed by atoms with E-state index in [1.54, 1.807) is 29.2 Å². The van der Waals surface area contributed by atoms with E-state index in [4.69, 9.17) is 14.8 Å². The highest BCUT2D eigenvalue weighted by molar-refractivity contribution is 5.80. The predicted octanol–water partition coefficient (Wildman–Crippen LogP) is 4.35. The van der Waals surface area contributed by atoms with E-state index < -0.39 is 54.6 Å². The van der Waals surface area contributed by atoms with Gasteiger partial charge in [0.25, 0.3) is 0 Å². The SMILES string of the molecule is CC(C)n1nccc1C(O)N[C@H](c1cn2nc(C[C@H]3C[C@@H](C(F)(F)F)CNC3=O)c(N3CCOCC3)cc2n1)[C@@H]1CCCC(F)(F)C1. The van der Waals surface area contributed by atoms with Crippen LogP contribution in [0, 0.1) is 17.8 Å². The van der Waals surface area contributed by atoms with Crippen molar-refractivity contribution in [1.82, 2.24) is 35.0 Å². The van der Waals surface area contributed by atoms with Gasteiger partial charge in [-0.15, -0.1) is 0 Å². The van der Waals surface area contributed by atoms with Crippen LogP contribution in [0.25, 0.3) is 5.65 Å². The number of aromatic nitrogens is 5. The van der Waals surface area contributed by atoms with Gasteiger partial charge in [0.15, 0.2) is 5.65 Å². The molecule has 16 heteroatoms. The standard InChI is InChI=1S/C31H41F5N8O3/c1-18(2)44-24(5-7-38-44)29(46)40-27(19-4-3-6-30(32,33)15-19)23-17-43-26(39-23)14-25(42-8-10-47-11-9-42)22(41-43)13-20-12-21(31(34,35)36)16-37-28(20)45/h5,7,14,17-21,27,29,40,46H,3-4,6,8-13,15-16H2,1-2H3,(H,37,45)/t19-,20-,21-,27+,29?/m1/s1. The monoisotopic (exact) mass is 668 g/mol. The predicted molar refractivity (Wildman–Crippen MR) is 161 cm³/mol. The summed E-state index contributed by atoms with van der Waals surface area (Å²) in [5, 5.41) is 25.9. The summed E-state index contributed by atoms with van der Waals surface area (Å²) >= 11 is 0. The zero-order valence-electron chi connectivity index (χ0n) is 26.4. The first-order valence-electron chi connectivity index (χ1n) is 16.2. The van der Waals surface area contributed by atoms with Crippen LogP contribution in [0.3, 0.4) is 0 Å². The molecule has 3 fully saturated rings. The van der Waals surface area contributed by atoms with Gasteiger partial charge in [-0.25, -0.2) is 18.3 Å². The zero-order chi connectivity index (χ0) is 33.5. The smallest absolute Gasteiger partial charge is 0.378 e. The number of nitrogens with zero attached hydrogens (tertiary/aromatic N) is 6. The molecule has 258 valence electrons. The first kappa shape index (κ1) is 33.5. The van der Waals surface area contributed by atoms with Crippen LogP contribution < -0.4 is 15.5 Å². The molecule has 1 aliphatic carbocycles. The fraction of sp³-hybridized carbons (Fsp3) is 0.677. The lowest BCUT2D eigenvalue weighted by Crippen LogP contribution is -2.47. The molecular formula is C31H41F5N8O3. The summed E-state index contributed by atoms with van der Waals surface area (Å²) in [5.74, 6) is -6.47. The summed E-state index contributed by atoms with van der Waals surface area (Å²) in [4.78, 5) is 19.6. The number of halogens is 5. The van der Waals surface area contributed by atoms with Gasteiger partial charge in [-0.05, 0) is 45.1 Å². The lowest BCUT2D eigenvalue weighted by atomic mass is 9.80. The average Bonchev–Trinajstić information content (AvgIpc) is 3.67. The van der Waals surface area contributed by atoms with Crippen LogP contribution in [-0.4, -0.2) is 80.3 Å². The molecule has 11 nitrogen and oxygen atoms in total. The molecular weight excluding hydrogens is 627 g/mol. The number of amides is 1. The van der Waals surface area contributed by atoms with Gasteiger partial charge in [0.2, 0.25) is 11.8 Å². The summed E-state index contributed by atoms with van der Waals surface area (Å²) in [7, 11) is 0. The molecule has 3 N–H and O–H groups in total. The highest BCUT2D eigenvalue weighted by Crippen LogP contribution is 2.43. The number of carbonyl (C=O) groups excluding carboxylic acids is 1. The highest BCUT2D eigenvalue weighted by atomic mass is 19.4. The molecule has 3 aromatic rings. The Hall–Kier alpha value is -3.37. The maximum atomic E-state index is 14.7. The molecule has 1 unspecified atom stereocenters. The molecule has 0 aromatic carbocycles. The van der Waals surface area contributed by atoms with Crippen molar-refractivity contribution in [3.8, 4) is 0 Å². The Morgan fingerprint density at radius 2 is 2.00 bits per heavy atom. The molecule has 6 rings (SSSR count). The third-order valence-electron chi connectivity index (χ3n) is 9.52. The molecule has 0 radical (unpaired) electrons. The summed E-state index contributed by atoms with van der Waals surface area (Å²) in [6, 6.07) is 2.61. The number of hydrogen-bond donors (Lipinski definition) is 3. The number of ether oxygens (including phenoxy) is 1. The zero-order valence-corrected chi connectivity index (χ0v) is 26.4. The van der Waals surface area contributed by atoms with Crippen LogP contribution in [0.15, 0.2) is 24.5 Å². The Balaban J connectivity index is 1.37. The summed E-state index contributed by atoms with van der Waals surface area (Å²) < 4.78 is 78.9. The number of imidazole rings is 1. The first-order valence-corrected chi connectivity index (χ1v) is 16.2. The van der Waals surface area contributed by atoms with Gasteiger partial charge in [-0.1, -0.05) is 0 Å². The molecule has 2 saturated heterocycles. The third-order valence-corrected chi connectivity index (χ3v) is 9.52. The number of fused-ring (bicyclic) bond motifs is 1. The van der Waals surface area contributed by atoms with Crippen LogP contribution in [-0.2, 0) is 16.0 Å². The van der Waals surface area contributed by atoms with Crippen molar-refractivity contribution >= 4 is 17.2 Å². The lowest BCUT2D eigenvalue weighted by Gasteiger charge is -2.35. The number of aliphatic hydroxyl groups is 1. The Bertz CT molecular complexity index is 1550. The van der Waals surface area contributed by atoms with Crippen LogP contribution in [0.5, 0.6) is 0 Å². The van der Waals surface area contributed by atoms with Crippen molar-refractivity contribution in [3.05, 3.63) is 41.6 Å². The van der Waals surface area contributed by atoms with Crippen LogP contribution in [0.2, 0.25) is 0 Å². The van der Waals surface area contributed by atoms with Gasteiger partial charge in [0, 0.05) is 63.1 Å². The van der Waals surface area contributed by atoms with Gasteiger partial charge in [0.1, 0.15) is 6.23 Å². The summed E-state index contributed by atoms with van der Waals surface area (Å²) in [6.45, 7) is 5.29. The maximum absolute atomic E-state index is 14.7. The Morgan fingerprint density at radius 1 is 1.23 bits per heavy atom. The minimum absolute atomic E-state index is 0.0248. The van der Waals surface area contributed by atoms with Crippen molar-refractivity contribution in [1.29, 1.82) is 0 Å². The maximum Gasteiger partial charge on any atom is 0.393 e. The van der Waals surface area contributed by atoms with Crippen molar-refractivity contribution in [2.75, 3.05) is 37.7 Å². The molecule has 1 amide bonds. The van der Waals surface area contributed by atoms with Crippen LogP contribution >= 0.6 is 0 Å². The van der Waals surface area contributed by atoms with Crippen LogP contribution in [0.1, 0.15) is 81.3 Å².